The molecule has 3 saturated heterocycles. The summed E-state index contributed by atoms with van der Waals surface area (Å²) in [6.07, 6.45) is 3.93. The van der Waals surface area contributed by atoms with Gasteiger partial charge in [-0.2, -0.15) is 5.10 Å². The van der Waals surface area contributed by atoms with Crippen molar-refractivity contribution in [3.63, 3.8) is 0 Å². The number of fused-ring (bicyclic) bond motifs is 4. The number of ether oxygens (including phenoxy) is 1. The molecule has 6 nitrogen and oxygen atoms in total. The highest BCUT2D eigenvalue weighted by molar-refractivity contribution is 5.92. The van der Waals surface area contributed by atoms with Crippen LogP contribution >= 0.6 is 0 Å². The topological polar surface area (TPSA) is 61.5 Å². The van der Waals surface area contributed by atoms with E-state index in [1.807, 2.05) is 12.1 Å². The molecule has 3 aliphatic heterocycles. The summed E-state index contributed by atoms with van der Waals surface area (Å²) < 4.78 is 5.23. The van der Waals surface area contributed by atoms with Gasteiger partial charge in [0, 0.05) is 38.4 Å². The SMILES string of the molecule is COc1ccc(CN2C[C@@H]3CC[C@H](C2)N(C(=O)c2ccn[nH]2)C3)cc1. The number of nitrogens with one attached hydrogen (secondary N) is 1. The zero-order valence-electron chi connectivity index (χ0n) is 14.5. The van der Waals surface area contributed by atoms with E-state index in [4.69, 9.17) is 4.74 Å². The van der Waals surface area contributed by atoms with E-state index in [1.54, 1.807) is 19.4 Å². The van der Waals surface area contributed by atoms with E-state index in [0.29, 0.717) is 11.6 Å². The Morgan fingerprint density at radius 1 is 1.20 bits per heavy atom. The van der Waals surface area contributed by atoms with Crippen LogP contribution in [0, 0.1) is 5.92 Å². The first-order chi connectivity index (χ1) is 12.2. The summed E-state index contributed by atoms with van der Waals surface area (Å²) in [6, 6.07) is 10.3. The lowest BCUT2D eigenvalue weighted by molar-refractivity contribution is 0.0579. The van der Waals surface area contributed by atoms with Gasteiger partial charge in [0.25, 0.3) is 5.91 Å². The number of carbonyl (C=O) groups is 1. The van der Waals surface area contributed by atoms with Crippen molar-refractivity contribution in [1.82, 2.24) is 20.0 Å². The van der Waals surface area contributed by atoms with Crippen molar-refractivity contribution in [2.75, 3.05) is 26.7 Å². The number of benzene rings is 1. The summed E-state index contributed by atoms with van der Waals surface area (Å²) >= 11 is 0. The van der Waals surface area contributed by atoms with E-state index >= 15 is 0 Å². The molecule has 25 heavy (non-hydrogen) atoms. The maximum absolute atomic E-state index is 12.8. The largest absolute Gasteiger partial charge is 0.497 e. The quantitative estimate of drug-likeness (QED) is 0.926. The van der Waals surface area contributed by atoms with Crippen LogP contribution in [0.1, 0.15) is 28.9 Å². The van der Waals surface area contributed by atoms with Crippen molar-refractivity contribution >= 4 is 5.91 Å². The minimum absolute atomic E-state index is 0.0819. The van der Waals surface area contributed by atoms with Crippen molar-refractivity contribution in [3.05, 3.63) is 47.8 Å². The average molecular weight is 340 g/mol. The Kier molecular flexibility index (Phi) is 4.44. The average Bonchev–Trinajstić information content (AvgIpc) is 3.04. The van der Waals surface area contributed by atoms with Crippen LogP contribution in [0.2, 0.25) is 0 Å². The highest BCUT2D eigenvalue weighted by Crippen LogP contribution is 2.30. The van der Waals surface area contributed by atoms with Gasteiger partial charge in [-0.1, -0.05) is 12.1 Å². The van der Waals surface area contributed by atoms with Gasteiger partial charge in [-0.15, -0.1) is 0 Å². The van der Waals surface area contributed by atoms with E-state index in [2.05, 4.69) is 32.1 Å². The van der Waals surface area contributed by atoms with Crippen LogP contribution in [-0.4, -0.2) is 58.7 Å². The molecule has 1 aromatic carbocycles. The Hall–Kier alpha value is -2.34. The molecule has 3 fully saturated rings. The van der Waals surface area contributed by atoms with Crippen LogP contribution in [0.25, 0.3) is 0 Å². The minimum Gasteiger partial charge on any atom is -0.497 e. The molecule has 1 aromatic heterocycles. The number of carbonyl (C=O) groups excluding carboxylic acids is 1. The fraction of sp³-hybridized carbons (Fsp3) is 0.474. The summed E-state index contributed by atoms with van der Waals surface area (Å²) in [5, 5.41) is 6.72. The van der Waals surface area contributed by atoms with E-state index in [9.17, 15) is 4.79 Å². The zero-order chi connectivity index (χ0) is 17.2. The van der Waals surface area contributed by atoms with Crippen LogP contribution < -0.4 is 4.74 Å². The number of amides is 1. The molecule has 0 aliphatic carbocycles. The Bertz CT molecular complexity index is 714. The molecule has 0 radical (unpaired) electrons. The normalized spacial score (nSPS) is 23.5. The lowest BCUT2D eigenvalue weighted by Gasteiger charge is -2.35. The number of rotatable bonds is 4. The third-order valence-electron chi connectivity index (χ3n) is 5.35. The number of aromatic amines is 1. The van der Waals surface area contributed by atoms with Crippen molar-refractivity contribution in [3.8, 4) is 5.75 Å². The summed E-state index contributed by atoms with van der Waals surface area (Å²) in [5.41, 5.74) is 1.88. The molecule has 1 N–H and O–H groups in total. The highest BCUT2D eigenvalue weighted by Gasteiger charge is 2.37. The summed E-state index contributed by atoms with van der Waals surface area (Å²) in [5.74, 6) is 1.51. The number of methoxy groups -OCH3 is 1. The predicted octanol–water partition coefficient (Wildman–Crippen LogP) is 2.15. The third kappa shape index (κ3) is 3.39. The standard InChI is InChI=1S/C19H24N4O2/c1-25-17-6-3-14(4-7-17)10-22-11-15-2-5-16(13-22)23(12-15)19(24)18-8-9-20-21-18/h3-4,6-9,15-16H,2,5,10-13H2,1H3,(H,20,21)/t15-,16+/m0/s1. The van der Waals surface area contributed by atoms with Gasteiger partial charge in [-0.05, 0) is 42.5 Å². The number of aromatic nitrogens is 2. The molecular formula is C19H24N4O2. The van der Waals surface area contributed by atoms with Crippen LogP contribution in [0.5, 0.6) is 5.75 Å². The number of nitrogens with zero attached hydrogens (tertiary/aromatic N) is 3. The Morgan fingerprint density at radius 2 is 2.04 bits per heavy atom. The van der Waals surface area contributed by atoms with Gasteiger partial charge in [0.2, 0.25) is 0 Å². The first kappa shape index (κ1) is 16.1. The van der Waals surface area contributed by atoms with Crippen LogP contribution in [0.4, 0.5) is 0 Å². The van der Waals surface area contributed by atoms with Gasteiger partial charge in [-0.25, -0.2) is 0 Å². The third-order valence-corrected chi connectivity index (χ3v) is 5.35. The molecular weight excluding hydrogens is 316 g/mol. The molecule has 2 bridgehead atoms. The van der Waals surface area contributed by atoms with Crippen molar-refractivity contribution in [2.24, 2.45) is 5.92 Å². The van der Waals surface area contributed by atoms with Crippen LogP contribution in [0.3, 0.4) is 0 Å². The molecule has 6 heteroatoms. The number of hydrogen-bond donors (Lipinski definition) is 1. The minimum atomic E-state index is 0.0819. The maximum Gasteiger partial charge on any atom is 0.272 e. The molecule has 0 saturated carbocycles. The fourth-order valence-corrected chi connectivity index (χ4v) is 4.08. The van der Waals surface area contributed by atoms with Gasteiger partial charge < -0.3 is 9.64 Å². The van der Waals surface area contributed by atoms with Gasteiger partial charge >= 0.3 is 0 Å². The summed E-state index contributed by atoms with van der Waals surface area (Å²) in [4.78, 5) is 17.3. The zero-order valence-corrected chi connectivity index (χ0v) is 14.5. The monoisotopic (exact) mass is 340 g/mol. The van der Waals surface area contributed by atoms with Crippen molar-refractivity contribution in [1.29, 1.82) is 0 Å². The fourth-order valence-electron chi connectivity index (χ4n) is 4.08. The molecule has 0 unspecified atom stereocenters. The van der Waals surface area contributed by atoms with E-state index in [-0.39, 0.29) is 11.9 Å². The molecule has 2 aromatic rings. The Balaban J connectivity index is 1.46. The van der Waals surface area contributed by atoms with Gasteiger partial charge in [-0.3, -0.25) is 14.8 Å². The lowest BCUT2D eigenvalue weighted by Crippen LogP contribution is -2.47. The molecule has 2 atom stereocenters. The number of piperidine rings is 1. The van der Waals surface area contributed by atoms with Crippen LogP contribution in [0.15, 0.2) is 36.5 Å². The van der Waals surface area contributed by atoms with Crippen molar-refractivity contribution in [2.45, 2.75) is 25.4 Å². The van der Waals surface area contributed by atoms with E-state index in [0.717, 1.165) is 38.3 Å². The van der Waals surface area contributed by atoms with Gasteiger partial charge in [0.05, 0.1) is 7.11 Å². The molecule has 4 heterocycles. The van der Waals surface area contributed by atoms with E-state index in [1.165, 1.54) is 12.0 Å². The smallest absolute Gasteiger partial charge is 0.272 e. The first-order valence-corrected chi connectivity index (χ1v) is 8.88. The molecule has 5 rings (SSSR count). The second-order valence-electron chi connectivity index (χ2n) is 7.07. The molecule has 0 spiro atoms. The second-order valence-corrected chi connectivity index (χ2v) is 7.07. The number of H-pyrrole nitrogens is 1. The van der Waals surface area contributed by atoms with Gasteiger partial charge in [0.15, 0.2) is 0 Å². The Morgan fingerprint density at radius 3 is 2.76 bits per heavy atom. The predicted molar refractivity (Wildman–Crippen MR) is 94.4 cm³/mol. The Labute approximate surface area is 147 Å². The molecule has 3 aliphatic rings. The first-order valence-electron chi connectivity index (χ1n) is 8.88. The summed E-state index contributed by atoms with van der Waals surface area (Å²) in [7, 11) is 1.69. The maximum atomic E-state index is 12.8. The van der Waals surface area contributed by atoms with Gasteiger partial charge in [0.1, 0.15) is 11.4 Å². The number of hydrogen-bond acceptors (Lipinski definition) is 4. The second kappa shape index (κ2) is 6.88. The van der Waals surface area contributed by atoms with E-state index < -0.39 is 0 Å². The summed E-state index contributed by atoms with van der Waals surface area (Å²) in [6.45, 7) is 3.75. The lowest BCUT2D eigenvalue weighted by atomic mass is 9.95. The van der Waals surface area contributed by atoms with Crippen molar-refractivity contribution < 1.29 is 9.53 Å². The van der Waals surface area contributed by atoms with Crippen LogP contribution in [-0.2, 0) is 6.54 Å². The highest BCUT2D eigenvalue weighted by atomic mass is 16.5. The molecule has 132 valence electrons. The molecule has 1 amide bonds.